The van der Waals surface area contributed by atoms with Crippen LogP contribution in [0.3, 0.4) is 0 Å². The van der Waals surface area contributed by atoms with Crippen molar-refractivity contribution in [3.8, 4) is 0 Å². The van der Waals surface area contributed by atoms with Crippen molar-refractivity contribution in [2.24, 2.45) is 17.3 Å². The Morgan fingerprint density at radius 2 is 2.12 bits per heavy atom. The molecule has 1 aliphatic rings. The van der Waals surface area contributed by atoms with Crippen LogP contribution < -0.4 is 5.32 Å². The van der Waals surface area contributed by atoms with Crippen LogP contribution in [0.15, 0.2) is 0 Å². The van der Waals surface area contributed by atoms with Gasteiger partial charge in [0.05, 0.1) is 0 Å². The number of hydrogen-bond donors (Lipinski definition) is 2. The van der Waals surface area contributed by atoms with Gasteiger partial charge in [0.15, 0.2) is 0 Å². The smallest absolute Gasteiger partial charge is 0.0434 e. The van der Waals surface area contributed by atoms with Gasteiger partial charge < -0.3 is 10.4 Å². The van der Waals surface area contributed by atoms with E-state index in [1.165, 1.54) is 25.7 Å². The third kappa shape index (κ3) is 4.97. The molecule has 0 heterocycles. The third-order valence-electron chi connectivity index (χ3n) is 4.48. The Kier molecular flexibility index (Phi) is 5.94. The monoisotopic (exact) mass is 241 g/mol. The van der Waals surface area contributed by atoms with Crippen molar-refractivity contribution in [1.82, 2.24) is 5.32 Å². The number of rotatable bonds is 6. The van der Waals surface area contributed by atoms with Crippen LogP contribution in [-0.4, -0.2) is 24.3 Å². The minimum Gasteiger partial charge on any atom is -0.396 e. The Labute approximate surface area is 107 Å². The topological polar surface area (TPSA) is 32.3 Å². The van der Waals surface area contributed by atoms with Crippen molar-refractivity contribution in [2.75, 3.05) is 13.2 Å². The summed E-state index contributed by atoms with van der Waals surface area (Å²) < 4.78 is 0. The molecule has 1 rings (SSSR count). The lowest BCUT2D eigenvalue weighted by Crippen LogP contribution is -2.43. The Morgan fingerprint density at radius 3 is 2.65 bits per heavy atom. The van der Waals surface area contributed by atoms with E-state index in [2.05, 4.69) is 33.0 Å². The predicted molar refractivity (Wildman–Crippen MR) is 74.1 cm³/mol. The van der Waals surface area contributed by atoms with Crippen molar-refractivity contribution in [2.45, 2.75) is 65.8 Å². The Bertz CT molecular complexity index is 215. The Hall–Kier alpha value is -0.0800. The predicted octanol–water partition coefficient (Wildman–Crippen LogP) is 3.20. The lowest BCUT2D eigenvalue weighted by Gasteiger charge is -2.40. The number of aliphatic hydroxyl groups is 1. The third-order valence-corrected chi connectivity index (χ3v) is 4.48. The van der Waals surface area contributed by atoms with Gasteiger partial charge in [-0.25, -0.2) is 0 Å². The highest BCUT2D eigenvalue weighted by atomic mass is 16.3. The molecule has 3 unspecified atom stereocenters. The van der Waals surface area contributed by atoms with Crippen LogP contribution in [0, 0.1) is 17.3 Å². The summed E-state index contributed by atoms with van der Waals surface area (Å²) in [7, 11) is 0. The van der Waals surface area contributed by atoms with Crippen molar-refractivity contribution in [3.05, 3.63) is 0 Å². The SMILES string of the molecule is CCC(CCO)CNC1CCC(C)(C)CC1C. The molecular formula is C15H31NO. The molecule has 0 radical (unpaired) electrons. The standard InChI is InChI=1S/C15H31NO/c1-5-13(7-9-17)11-16-14-6-8-15(3,4)10-12(14)2/h12-14,16-17H,5-11H2,1-4H3. The van der Waals surface area contributed by atoms with E-state index in [4.69, 9.17) is 5.11 Å². The molecular weight excluding hydrogens is 210 g/mol. The first kappa shape index (κ1) is 15.0. The largest absolute Gasteiger partial charge is 0.396 e. The van der Waals surface area contributed by atoms with E-state index in [9.17, 15) is 0 Å². The number of aliphatic hydroxyl groups excluding tert-OH is 1. The maximum absolute atomic E-state index is 9.00. The first-order chi connectivity index (χ1) is 7.98. The van der Waals surface area contributed by atoms with Crippen LogP contribution in [0.5, 0.6) is 0 Å². The zero-order valence-corrected chi connectivity index (χ0v) is 12.1. The lowest BCUT2D eigenvalue weighted by atomic mass is 9.70. The highest BCUT2D eigenvalue weighted by molar-refractivity contribution is 4.87. The molecule has 0 aromatic rings. The maximum atomic E-state index is 9.00. The van der Waals surface area contributed by atoms with E-state index >= 15 is 0 Å². The fourth-order valence-corrected chi connectivity index (χ4v) is 3.20. The van der Waals surface area contributed by atoms with E-state index in [0.29, 0.717) is 24.0 Å². The summed E-state index contributed by atoms with van der Waals surface area (Å²) in [5.74, 6) is 1.42. The molecule has 102 valence electrons. The minimum absolute atomic E-state index is 0.327. The molecule has 3 atom stereocenters. The first-order valence-electron chi connectivity index (χ1n) is 7.32. The van der Waals surface area contributed by atoms with Gasteiger partial charge in [-0.15, -0.1) is 0 Å². The average Bonchev–Trinajstić information content (AvgIpc) is 2.25. The van der Waals surface area contributed by atoms with E-state index in [1.54, 1.807) is 0 Å². The van der Waals surface area contributed by atoms with Gasteiger partial charge in [0.2, 0.25) is 0 Å². The second-order valence-electron chi connectivity index (χ2n) is 6.69. The first-order valence-corrected chi connectivity index (χ1v) is 7.32. The van der Waals surface area contributed by atoms with Gasteiger partial charge in [0.1, 0.15) is 0 Å². The second-order valence-corrected chi connectivity index (χ2v) is 6.69. The summed E-state index contributed by atoms with van der Waals surface area (Å²) in [5, 5.41) is 12.7. The molecule has 1 fully saturated rings. The molecule has 0 aliphatic heterocycles. The molecule has 2 N–H and O–H groups in total. The van der Waals surface area contributed by atoms with Crippen LogP contribution in [0.4, 0.5) is 0 Å². The maximum Gasteiger partial charge on any atom is 0.0434 e. The average molecular weight is 241 g/mol. The van der Waals surface area contributed by atoms with E-state index in [1.807, 2.05) is 0 Å². The number of hydrogen-bond acceptors (Lipinski definition) is 2. The van der Waals surface area contributed by atoms with E-state index in [0.717, 1.165) is 18.9 Å². The summed E-state index contributed by atoms with van der Waals surface area (Å²) in [6.45, 7) is 10.8. The van der Waals surface area contributed by atoms with Gasteiger partial charge in [0.25, 0.3) is 0 Å². The van der Waals surface area contributed by atoms with E-state index < -0.39 is 0 Å². The molecule has 0 aromatic carbocycles. The summed E-state index contributed by atoms with van der Waals surface area (Å²) in [6.07, 6.45) is 6.09. The van der Waals surface area contributed by atoms with Gasteiger partial charge in [-0.05, 0) is 49.5 Å². The molecule has 0 saturated heterocycles. The molecule has 2 heteroatoms. The van der Waals surface area contributed by atoms with Crippen LogP contribution in [0.1, 0.15) is 59.8 Å². The zero-order valence-electron chi connectivity index (χ0n) is 12.1. The fraction of sp³-hybridized carbons (Fsp3) is 1.00. The van der Waals surface area contributed by atoms with Gasteiger partial charge in [0, 0.05) is 12.6 Å². The quantitative estimate of drug-likeness (QED) is 0.748. The van der Waals surface area contributed by atoms with Gasteiger partial charge in [-0.3, -0.25) is 0 Å². The molecule has 0 bridgehead atoms. The van der Waals surface area contributed by atoms with Crippen LogP contribution in [0.2, 0.25) is 0 Å². The lowest BCUT2D eigenvalue weighted by molar-refractivity contribution is 0.143. The molecule has 0 spiro atoms. The zero-order chi connectivity index (χ0) is 12.9. The highest BCUT2D eigenvalue weighted by Gasteiger charge is 2.32. The molecule has 2 nitrogen and oxygen atoms in total. The van der Waals surface area contributed by atoms with Gasteiger partial charge >= 0.3 is 0 Å². The fourth-order valence-electron chi connectivity index (χ4n) is 3.20. The van der Waals surface area contributed by atoms with Crippen LogP contribution >= 0.6 is 0 Å². The molecule has 1 aliphatic carbocycles. The molecule has 17 heavy (non-hydrogen) atoms. The Morgan fingerprint density at radius 1 is 1.41 bits per heavy atom. The van der Waals surface area contributed by atoms with E-state index in [-0.39, 0.29) is 0 Å². The van der Waals surface area contributed by atoms with Crippen molar-refractivity contribution in [1.29, 1.82) is 0 Å². The van der Waals surface area contributed by atoms with Gasteiger partial charge in [-0.2, -0.15) is 0 Å². The molecule has 0 aromatic heterocycles. The second kappa shape index (κ2) is 6.75. The summed E-state index contributed by atoms with van der Waals surface area (Å²) in [4.78, 5) is 0. The van der Waals surface area contributed by atoms with Crippen LogP contribution in [0.25, 0.3) is 0 Å². The van der Waals surface area contributed by atoms with Crippen molar-refractivity contribution in [3.63, 3.8) is 0 Å². The number of nitrogens with one attached hydrogen (secondary N) is 1. The molecule has 0 amide bonds. The van der Waals surface area contributed by atoms with Crippen molar-refractivity contribution >= 4 is 0 Å². The summed E-state index contributed by atoms with van der Waals surface area (Å²) in [5.41, 5.74) is 0.535. The van der Waals surface area contributed by atoms with Gasteiger partial charge in [-0.1, -0.05) is 34.1 Å². The molecule has 1 saturated carbocycles. The summed E-state index contributed by atoms with van der Waals surface area (Å²) >= 11 is 0. The minimum atomic E-state index is 0.327. The highest BCUT2D eigenvalue weighted by Crippen LogP contribution is 2.38. The van der Waals surface area contributed by atoms with Crippen LogP contribution in [-0.2, 0) is 0 Å². The Balaban J connectivity index is 2.32. The van der Waals surface area contributed by atoms with Crippen molar-refractivity contribution < 1.29 is 5.11 Å². The summed E-state index contributed by atoms with van der Waals surface area (Å²) in [6, 6.07) is 0.691. The normalized spacial score (nSPS) is 30.2.